The molecule has 138 valence electrons. The Morgan fingerprint density at radius 3 is 2.62 bits per heavy atom. The van der Waals surface area contributed by atoms with Gasteiger partial charge in [0.05, 0.1) is 18.1 Å². The molecule has 1 aromatic heterocycles. The van der Waals surface area contributed by atoms with Crippen LogP contribution in [0.25, 0.3) is 0 Å². The van der Waals surface area contributed by atoms with Crippen LogP contribution in [-0.4, -0.2) is 41.2 Å². The van der Waals surface area contributed by atoms with E-state index in [0.717, 1.165) is 24.9 Å². The second kappa shape index (κ2) is 8.57. The number of anilines is 3. The maximum absolute atomic E-state index is 11.7. The van der Waals surface area contributed by atoms with Gasteiger partial charge in [-0.3, -0.25) is 10.1 Å². The number of aromatic nitrogens is 2. The standard InChI is InChI=1S/C18H23N5O3/c1-2-3-4-14-5-7-15(8-6-14)21-17-16(23(24)25)18(20-13-19-17)22-9-11-26-12-10-22/h5-8,13H,2-4,9-12H2,1H3,(H,19,20,21). The van der Waals surface area contributed by atoms with Gasteiger partial charge in [0.25, 0.3) is 0 Å². The molecule has 1 fully saturated rings. The summed E-state index contributed by atoms with van der Waals surface area (Å²) in [6.45, 7) is 4.37. The number of hydrogen-bond acceptors (Lipinski definition) is 7. The maximum Gasteiger partial charge on any atom is 0.353 e. The van der Waals surface area contributed by atoms with Gasteiger partial charge in [-0.1, -0.05) is 25.5 Å². The van der Waals surface area contributed by atoms with Crippen LogP contribution < -0.4 is 10.2 Å². The molecule has 1 aliphatic rings. The smallest absolute Gasteiger partial charge is 0.353 e. The first-order valence-corrected chi connectivity index (χ1v) is 8.87. The van der Waals surface area contributed by atoms with Gasteiger partial charge in [-0.2, -0.15) is 0 Å². The summed E-state index contributed by atoms with van der Waals surface area (Å²) in [6.07, 6.45) is 4.69. The van der Waals surface area contributed by atoms with Crippen LogP contribution in [0.2, 0.25) is 0 Å². The molecule has 8 nitrogen and oxygen atoms in total. The summed E-state index contributed by atoms with van der Waals surface area (Å²) >= 11 is 0. The lowest BCUT2D eigenvalue weighted by atomic mass is 10.1. The van der Waals surface area contributed by atoms with Gasteiger partial charge in [-0.25, -0.2) is 9.97 Å². The number of morpholine rings is 1. The number of nitrogens with zero attached hydrogens (tertiary/aromatic N) is 4. The predicted octanol–water partition coefficient (Wildman–Crippen LogP) is 3.31. The highest BCUT2D eigenvalue weighted by Gasteiger charge is 2.28. The number of ether oxygens (including phenoxy) is 1. The summed E-state index contributed by atoms with van der Waals surface area (Å²) in [4.78, 5) is 21.4. The van der Waals surface area contributed by atoms with Crippen molar-refractivity contribution >= 4 is 23.0 Å². The van der Waals surface area contributed by atoms with Crippen LogP contribution in [0.15, 0.2) is 30.6 Å². The van der Waals surface area contributed by atoms with E-state index in [1.54, 1.807) is 0 Å². The molecule has 3 rings (SSSR count). The lowest BCUT2D eigenvalue weighted by molar-refractivity contribution is -0.383. The zero-order valence-electron chi connectivity index (χ0n) is 14.9. The molecule has 1 N–H and O–H groups in total. The average molecular weight is 357 g/mol. The van der Waals surface area contributed by atoms with Gasteiger partial charge >= 0.3 is 5.69 Å². The largest absolute Gasteiger partial charge is 0.378 e. The van der Waals surface area contributed by atoms with Crippen molar-refractivity contribution in [3.05, 3.63) is 46.3 Å². The molecule has 0 spiro atoms. The van der Waals surface area contributed by atoms with E-state index in [-0.39, 0.29) is 11.5 Å². The third-order valence-electron chi connectivity index (χ3n) is 4.33. The van der Waals surface area contributed by atoms with Gasteiger partial charge < -0.3 is 15.0 Å². The van der Waals surface area contributed by atoms with Crippen LogP contribution in [0.5, 0.6) is 0 Å². The Balaban J connectivity index is 1.83. The van der Waals surface area contributed by atoms with Gasteiger partial charge in [-0.15, -0.1) is 0 Å². The second-order valence-electron chi connectivity index (χ2n) is 6.18. The van der Waals surface area contributed by atoms with Gasteiger partial charge in [-0.05, 0) is 30.5 Å². The van der Waals surface area contributed by atoms with E-state index in [9.17, 15) is 10.1 Å². The molecule has 0 unspecified atom stereocenters. The molecule has 26 heavy (non-hydrogen) atoms. The number of rotatable bonds is 7. The molecular weight excluding hydrogens is 334 g/mol. The third kappa shape index (κ3) is 4.26. The Labute approximate surface area is 152 Å². The van der Waals surface area contributed by atoms with E-state index in [1.165, 1.54) is 11.9 Å². The van der Waals surface area contributed by atoms with Crippen molar-refractivity contribution < 1.29 is 9.66 Å². The highest BCUT2D eigenvalue weighted by molar-refractivity contribution is 5.74. The fourth-order valence-corrected chi connectivity index (χ4v) is 2.91. The van der Waals surface area contributed by atoms with Crippen LogP contribution in [0, 0.1) is 10.1 Å². The van der Waals surface area contributed by atoms with Crippen molar-refractivity contribution in [1.82, 2.24) is 9.97 Å². The molecule has 0 amide bonds. The Hall–Kier alpha value is -2.74. The van der Waals surface area contributed by atoms with Crippen LogP contribution in [-0.2, 0) is 11.2 Å². The summed E-state index contributed by atoms with van der Waals surface area (Å²) < 4.78 is 5.32. The monoisotopic (exact) mass is 357 g/mol. The molecular formula is C18H23N5O3. The van der Waals surface area contributed by atoms with Crippen LogP contribution >= 0.6 is 0 Å². The zero-order valence-corrected chi connectivity index (χ0v) is 14.9. The first kappa shape index (κ1) is 18.1. The van der Waals surface area contributed by atoms with Gasteiger partial charge in [0, 0.05) is 18.8 Å². The first-order chi connectivity index (χ1) is 12.7. The minimum absolute atomic E-state index is 0.107. The highest BCUT2D eigenvalue weighted by Crippen LogP contribution is 2.33. The van der Waals surface area contributed by atoms with E-state index in [2.05, 4.69) is 22.2 Å². The summed E-state index contributed by atoms with van der Waals surface area (Å²) in [5.74, 6) is 0.531. The van der Waals surface area contributed by atoms with E-state index >= 15 is 0 Å². The molecule has 8 heteroatoms. The number of benzene rings is 1. The first-order valence-electron chi connectivity index (χ1n) is 8.87. The Morgan fingerprint density at radius 1 is 1.23 bits per heavy atom. The quantitative estimate of drug-likeness (QED) is 0.600. The van der Waals surface area contributed by atoms with Gasteiger partial charge in [0.15, 0.2) is 0 Å². The van der Waals surface area contributed by atoms with Crippen LogP contribution in [0.3, 0.4) is 0 Å². The number of hydrogen-bond donors (Lipinski definition) is 1. The molecule has 1 aromatic carbocycles. The van der Waals surface area contributed by atoms with E-state index < -0.39 is 4.92 Å². The summed E-state index contributed by atoms with van der Waals surface area (Å²) in [5.41, 5.74) is 1.91. The van der Waals surface area contributed by atoms with Crippen molar-refractivity contribution in [3.8, 4) is 0 Å². The maximum atomic E-state index is 11.7. The molecule has 2 heterocycles. The van der Waals surface area contributed by atoms with Crippen molar-refractivity contribution in [3.63, 3.8) is 0 Å². The van der Waals surface area contributed by atoms with Crippen LogP contribution in [0.4, 0.5) is 23.0 Å². The number of aryl methyl sites for hydroxylation is 1. The molecule has 0 saturated carbocycles. The minimum Gasteiger partial charge on any atom is -0.378 e. The topological polar surface area (TPSA) is 93.4 Å². The molecule has 0 aliphatic carbocycles. The Morgan fingerprint density at radius 2 is 1.96 bits per heavy atom. The second-order valence-corrected chi connectivity index (χ2v) is 6.18. The zero-order chi connectivity index (χ0) is 18.4. The average Bonchev–Trinajstić information content (AvgIpc) is 2.68. The van der Waals surface area contributed by atoms with Crippen molar-refractivity contribution in [2.75, 3.05) is 36.5 Å². The number of nitro groups is 1. The third-order valence-corrected chi connectivity index (χ3v) is 4.33. The lowest BCUT2D eigenvalue weighted by Gasteiger charge is -2.27. The predicted molar refractivity (Wildman–Crippen MR) is 100 cm³/mol. The van der Waals surface area contributed by atoms with Crippen molar-refractivity contribution in [1.29, 1.82) is 0 Å². The molecule has 1 saturated heterocycles. The fourth-order valence-electron chi connectivity index (χ4n) is 2.91. The molecule has 1 aliphatic heterocycles. The highest BCUT2D eigenvalue weighted by atomic mass is 16.6. The van der Waals surface area contributed by atoms with Gasteiger partial charge in [0.2, 0.25) is 11.6 Å². The fraction of sp³-hybridized carbons (Fsp3) is 0.444. The van der Waals surface area contributed by atoms with Gasteiger partial charge in [0.1, 0.15) is 6.33 Å². The van der Waals surface area contributed by atoms with Crippen molar-refractivity contribution in [2.24, 2.45) is 0 Å². The normalized spacial score (nSPS) is 14.3. The molecule has 0 bridgehead atoms. The summed E-state index contributed by atoms with van der Waals surface area (Å²) in [6, 6.07) is 7.91. The van der Waals surface area contributed by atoms with Crippen LogP contribution in [0.1, 0.15) is 25.3 Å². The lowest BCUT2D eigenvalue weighted by Crippen LogP contribution is -2.37. The van der Waals surface area contributed by atoms with E-state index in [0.29, 0.717) is 32.1 Å². The molecule has 0 radical (unpaired) electrons. The Kier molecular flexibility index (Phi) is 5.96. The van der Waals surface area contributed by atoms with E-state index in [1.807, 2.05) is 29.2 Å². The molecule has 0 atom stereocenters. The molecule has 2 aromatic rings. The summed E-state index contributed by atoms with van der Waals surface area (Å²) in [5, 5.41) is 14.7. The Bertz CT molecular complexity index is 745. The minimum atomic E-state index is -0.428. The van der Waals surface area contributed by atoms with E-state index in [4.69, 9.17) is 4.74 Å². The SMILES string of the molecule is CCCCc1ccc(Nc2ncnc(N3CCOCC3)c2[N+](=O)[O-])cc1. The number of nitrogens with one attached hydrogen (secondary N) is 1. The number of unbranched alkanes of at least 4 members (excludes halogenated alkanes) is 1. The summed E-state index contributed by atoms with van der Waals surface area (Å²) in [7, 11) is 0. The van der Waals surface area contributed by atoms with Crippen molar-refractivity contribution in [2.45, 2.75) is 26.2 Å².